The van der Waals surface area contributed by atoms with Crippen LogP contribution in [-0.2, 0) is 10.0 Å². The summed E-state index contributed by atoms with van der Waals surface area (Å²) in [6.07, 6.45) is 0.574. The third-order valence-corrected chi connectivity index (χ3v) is 6.62. The summed E-state index contributed by atoms with van der Waals surface area (Å²) in [7, 11) is 2.55. The van der Waals surface area contributed by atoms with Crippen molar-refractivity contribution in [2.45, 2.75) is 6.42 Å². The van der Waals surface area contributed by atoms with Crippen LogP contribution in [-0.4, -0.2) is 55.1 Å². The third-order valence-electron chi connectivity index (χ3n) is 4.75. The number of ether oxygens (including phenoxy) is 4. The van der Waals surface area contributed by atoms with Crippen molar-refractivity contribution in [1.29, 1.82) is 0 Å². The Morgan fingerprint density at radius 2 is 1.57 bits per heavy atom. The zero-order valence-electron chi connectivity index (χ0n) is 17.2. The number of rotatable bonds is 7. The fourth-order valence-electron chi connectivity index (χ4n) is 3.27. The van der Waals surface area contributed by atoms with Crippen molar-refractivity contribution >= 4 is 27.3 Å². The largest absolute Gasteiger partial charge is 0.494 e. The summed E-state index contributed by atoms with van der Waals surface area (Å²) in [6, 6.07) is 7.91. The van der Waals surface area contributed by atoms with Crippen molar-refractivity contribution in [3.05, 3.63) is 35.9 Å². The minimum atomic E-state index is -3.32. The maximum Gasteiger partial charge on any atom is 0.256 e. The van der Waals surface area contributed by atoms with E-state index in [4.69, 9.17) is 18.9 Å². The summed E-state index contributed by atoms with van der Waals surface area (Å²) in [6.45, 7) is 0.419. The minimum Gasteiger partial charge on any atom is -0.494 e. The second-order valence-electron chi connectivity index (χ2n) is 6.49. The van der Waals surface area contributed by atoms with Crippen molar-refractivity contribution in [3.8, 4) is 23.0 Å². The molecule has 1 amide bonds. The Labute approximate surface area is 175 Å². The van der Waals surface area contributed by atoms with E-state index in [1.54, 1.807) is 18.2 Å². The highest BCUT2D eigenvalue weighted by molar-refractivity contribution is 7.93. The van der Waals surface area contributed by atoms with Crippen LogP contribution in [0.2, 0.25) is 0 Å². The van der Waals surface area contributed by atoms with Gasteiger partial charge in [-0.15, -0.1) is 0 Å². The second-order valence-corrected chi connectivity index (χ2v) is 8.51. The Hall–Kier alpha value is -3.14. The number of nitrogens with one attached hydrogen (secondary N) is 1. The summed E-state index contributed by atoms with van der Waals surface area (Å²) >= 11 is 0. The predicted molar refractivity (Wildman–Crippen MR) is 113 cm³/mol. The first kappa shape index (κ1) is 21.6. The molecule has 10 heteroatoms. The van der Waals surface area contributed by atoms with Gasteiger partial charge < -0.3 is 24.3 Å². The lowest BCUT2D eigenvalue weighted by Gasteiger charge is -2.19. The van der Waals surface area contributed by atoms with E-state index in [2.05, 4.69) is 5.32 Å². The molecule has 1 aliphatic rings. The van der Waals surface area contributed by atoms with Crippen molar-refractivity contribution in [1.82, 2.24) is 0 Å². The minimum absolute atomic E-state index is 0.120. The molecule has 30 heavy (non-hydrogen) atoms. The number of amides is 1. The summed E-state index contributed by atoms with van der Waals surface area (Å²) in [5.41, 5.74) is 1.18. The van der Waals surface area contributed by atoms with Crippen molar-refractivity contribution < 1.29 is 32.2 Å². The SMILES string of the molecule is COc1cc(N2CCCS2(=O)=O)ccc1NC(=O)c1cc(OC)c(OC)c(OC)c1. The topological polar surface area (TPSA) is 103 Å². The van der Waals surface area contributed by atoms with Gasteiger partial charge in [-0.1, -0.05) is 0 Å². The highest BCUT2D eigenvalue weighted by Gasteiger charge is 2.29. The summed E-state index contributed by atoms with van der Waals surface area (Å²) in [5.74, 6) is 1.12. The predicted octanol–water partition coefficient (Wildman–Crippen LogP) is 2.51. The van der Waals surface area contributed by atoms with Gasteiger partial charge in [0.15, 0.2) is 11.5 Å². The molecule has 1 N–H and O–H groups in total. The van der Waals surface area contributed by atoms with Crippen LogP contribution in [0.3, 0.4) is 0 Å². The van der Waals surface area contributed by atoms with Gasteiger partial charge in [-0.05, 0) is 30.7 Å². The standard InChI is InChI=1S/C20H24N2O7S/c1-26-16-12-14(22-8-5-9-30(22,24)25)6-7-15(16)21-20(23)13-10-17(27-2)19(29-4)18(11-13)28-3/h6-7,10-12H,5,8-9H2,1-4H3,(H,21,23). The highest BCUT2D eigenvalue weighted by Crippen LogP contribution is 2.39. The van der Waals surface area contributed by atoms with E-state index in [0.717, 1.165) is 0 Å². The Morgan fingerprint density at radius 1 is 0.933 bits per heavy atom. The Bertz CT molecular complexity index is 1030. The molecule has 0 aromatic heterocycles. The van der Waals surface area contributed by atoms with Crippen LogP contribution >= 0.6 is 0 Å². The molecule has 2 aromatic carbocycles. The Kier molecular flexibility index (Phi) is 6.25. The average molecular weight is 436 g/mol. The Morgan fingerprint density at radius 3 is 2.07 bits per heavy atom. The maximum absolute atomic E-state index is 12.8. The number of sulfonamides is 1. The van der Waals surface area contributed by atoms with Gasteiger partial charge in [-0.3, -0.25) is 9.10 Å². The lowest BCUT2D eigenvalue weighted by atomic mass is 10.1. The Balaban J connectivity index is 1.90. The number of anilines is 2. The van der Waals surface area contributed by atoms with E-state index in [-0.39, 0.29) is 11.3 Å². The van der Waals surface area contributed by atoms with Gasteiger partial charge in [0.1, 0.15) is 5.75 Å². The molecule has 1 fully saturated rings. The molecule has 162 valence electrons. The van der Waals surface area contributed by atoms with Crippen molar-refractivity contribution in [2.24, 2.45) is 0 Å². The number of hydrogen-bond donors (Lipinski definition) is 1. The van der Waals surface area contributed by atoms with Gasteiger partial charge in [-0.25, -0.2) is 8.42 Å². The first-order valence-corrected chi connectivity index (χ1v) is 10.7. The van der Waals surface area contributed by atoms with Gasteiger partial charge in [0.2, 0.25) is 15.8 Å². The van der Waals surface area contributed by atoms with Gasteiger partial charge in [-0.2, -0.15) is 0 Å². The van der Waals surface area contributed by atoms with Crippen LogP contribution in [0.15, 0.2) is 30.3 Å². The van der Waals surface area contributed by atoms with Crippen LogP contribution < -0.4 is 28.6 Å². The van der Waals surface area contributed by atoms with E-state index in [1.807, 2.05) is 0 Å². The molecule has 0 spiro atoms. The van der Waals surface area contributed by atoms with Crippen molar-refractivity contribution in [3.63, 3.8) is 0 Å². The molecule has 1 saturated heterocycles. The second kappa shape index (κ2) is 8.70. The van der Waals surface area contributed by atoms with Gasteiger partial charge in [0.25, 0.3) is 5.91 Å². The van der Waals surface area contributed by atoms with Gasteiger partial charge >= 0.3 is 0 Å². The molecule has 0 radical (unpaired) electrons. The van der Waals surface area contributed by atoms with E-state index in [9.17, 15) is 13.2 Å². The molecule has 2 aromatic rings. The fraction of sp³-hybridized carbons (Fsp3) is 0.350. The smallest absolute Gasteiger partial charge is 0.256 e. The fourth-order valence-corrected chi connectivity index (χ4v) is 4.83. The highest BCUT2D eigenvalue weighted by atomic mass is 32.2. The number of carbonyl (C=O) groups excluding carboxylic acids is 1. The summed E-state index contributed by atoms with van der Waals surface area (Å²) in [4.78, 5) is 12.8. The number of nitrogens with zero attached hydrogens (tertiary/aromatic N) is 1. The first-order valence-electron chi connectivity index (χ1n) is 9.14. The molecule has 0 unspecified atom stereocenters. The van der Waals surface area contributed by atoms with Crippen LogP contribution in [0.25, 0.3) is 0 Å². The van der Waals surface area contributed by atoms with E-state index in [0.29, 0.717) is 47.3 Å². The molecule has 3 rings (SSSR count). The molecule has 1 aliphatic heterocycles. The molecule has 1 heterocycles. The zero-order valence-corrected chi connectivity index (χ0v) is 18.0. The number of benzene rings is 2. The van der Waals surface area contributed by atoms with Crippen LogP contribution in [0.4, 0.5) is 11.4 Å². The van der Waals surface area contributed by atoms with Gasteiger partial charge in [0, 0.05) is 18.2 Å². The number of carbonyl (C=O) groups is 1. The lowest BCUT2D eigenvalue weighted by molar-refractivity contribution is 0.102. The lowest BCUT2D eigenvalue weighted by Crippen LogP contribution is -2.25. The number of hydrogen-bond acceptors (Lipinski definition) is 7. The molecule has 0 bridgehead atoms. The van der Waals surface area contributed by atoms with E-state index in [1.165, 1.54) is 44.9 Å². The number of methoxy groups -OCH3 is 4. The van der Waals surface area contributed by atoms with E-state index < -0.39 is 15.9 Å². The molecule has 0 aliphatic carbocycles. The summed E-state index contributed by atoms with van der Waals surface area (Å²) < 4.78 is 46.9. The summed E-state index contributed by atoms with van der Waals surface area (Å²) in [5, 5.41) is 2.77. The van der Waals surface area contributed by atoms with Crippen LogP contribution in [0, 0.1) is 0 Å². The molecule has 0 saturated carbocycles. The van der Waals surface area contributed by atoms with Crippen LogP contribution in [0.5, 0.6) is 23.0 Å². The quantitative estimate of drug-likeness (QED) is 0.711. The maximum atomic E-state index is 12.8. The molecule has 9 nitrogen and oxygen atoms in total. The normalized spacial score (nSPS) is 14.9. The van der Waals surface area contributed by atoms with Crippen molar-refractivity contribution in [2.75, 3.05) is 50.4 Å². The molecule has 0 atom stereocenters. The van der Waals surface area contributed by atoms with Crippen LogP contribution in [0.1, 0.15) is 16.8 Å². The molecular formula is C20H24N2O7S. The first-order chi connectivity index (χ1) is 14.3. The van der Waals surface area contributed by atoms with E-state index >= 15 is 0 Å². The van der Waals surface area contributed by atoms with Gasteiger partial charge in [0.05, 0.1) is 45.6 Å². The molecular weight excluding hydrogens is 412 g/mol. The average Bonchev–Trinajstić information content (AvgIpc) is 3.11. The monoisotopic (exact) mass is 436 g/mol. The zero-order chi connectivity index (χ0) is 21.9. The third kappa shape index (κ3) is 4.09.